The van der Waals surface area contributed by atoms with Crippen LogP contribution in [0.1, 0.15) is 5.56 Å². The molecule has 0 saturated heterocycles. The van der Waals surface area contributed by atoms with Crippen LogP contribution < -0.4 is 19.7 Å². The minimum atomic E-state index is -1.40. The zero-order chi connectivity index (χ0) is 27.6. The molecule has 0 unspecified atom stereocenters. The van der Waals surface area contributed by atoms with Gasteiger partial charge in [-0.3, -0.25) is 10.1 Å². The molecule has 0 bridgehead atoms. The van der Waals surface area contributed by atoms with Gasteiger partial charge in [0, 0.05) is 24.4 Å². The smallest absolute Gasteiger partial charge is 0.514 e. The van der Waals surface area contributed by atoms with Gasteiger partial charge in [-0.15, -0.1) is 0 Å². The van der Waals surface area contributed by atoms with Crippen molar-refractivity contribution in [3.05, 3.63) is 64.2 Å². The van der Waals surface area contributed by atoms with E-state index >= 15 is 0 Å². The Hall–Kier alpha value is -4.43. The molecule has 2 aromatic rings. The van der Waals surface area contributed by atoms with E-state index in [4.69, 9.17) is 29.2 Å². The van der Waals surface area contributed by atoms with E-state index in [1.54, 1.807) is 12.1 Å². The molecule has 0 spiro atoms. The number of non-ortho nitro benzene ring substituents is 1. The van der Waals surface area contributed by atoms with Gasteiger partial charge in [0.05, 0.1) is 44.6 Å². The van der Waals surface area contributed by atoms with Gasteiger partial charge in [0.25, 0.3) is 5.69 Å². The molecule has 0 aliphatic carbocycles. The molecule has 0 saturated carbocycles. The summed E-state index contributed by atoms with van der Waals surface area (Å²) in [6.07, 6.45) is -2.40. The maximum Gasteiger partial charge on any atom is 0.514 e. The van der Waals surface area contributed by atoms with Gasteiger partial charge in [-0.25, -0.2) is 4.79 Å². The number of nitro benzene ring substituents is 1. The number of ether oxygens (including phenoxy) is 5. The van der Waals surface area contributed by atoms with Crippen LogP contribution in [0.2, 0.25) is 0 Å². The molecule has 15 nitrogen and oxygen atoms in total. The summed E-state index contributed by atoms with van der Waals surface area (Å²) in [7, 11) is 0. The Morgan fingerprint density at radius 3 is 2.11 bits per heavy atom. The number of nitro groups is 1. The van der Waals surface area contributed by atoms with E-state index in [1.165, 1.54) is 36.4 Å². The van der Waals surface area contributed by atoms with Crippen LogP contribution >= 0.6 is 0 Å². The van der Waals surface area contributed by atoms with Gasteiger partial charge in [-0.1, -0.05) is 12.1 Å². The summed E-state index contributed by atoms with van der Waals surface area (Å²) < 4.78 is 25.9. The zero-order valence-electron chi connectivity index (χ0n) is 20.4. The summed E-state index contributed by atoms with van der Waals surface area (Å²) in [4.78, 5) is 37.3. The van der Waals surface area contributed by atoms with E-state index < -0.39 is 17.2 Å². The van der Waals surface area contributed by atoms with E-state index in [-0.39, 0.29) is 37.8 Å². The molecule has 0 heterocycles. The molecule has 1 amide bonds. The summed E-state index contributed by atoms with van der Waals surface area (Å²) in [5.41, 5.74) is 7.28. The fourth-order valence-corrected chi connectivity index (χ4v) is 2.85. The van der Waals surface area contributed by atoms with E-state index in [9.17, 15) is 24.8 Å². The van der Waals surface area contributed by atoms with Gasteiger partial charge in [0.2, 0.25) is 4.91 Å². The minimum Gasteiger partial charge on any atom is -0.530 e. The second-order valence-electron chi connectivity index (χ2n) is 7.28. The van der Waals surface area contributed by atoms with Gasteiger partial charge in [-0.2, -0.15) is 0 Å². The van der Waals surface area contributed by atoms with Gasteiger partial charge >= 0.3 is 6.16 Å². The second kappa shape index (κ2) is 17.1. The fraction of sp³-hybridized carbons (Fsp3) is 0.391. The van der Waals surface area contributed by atoms with Crippen LogP contribution in [0.15, 0.2) is 53.6 Å². The molecule has 0 aromatic heterocycles. The lowest BCUT2D eigenvalue weighted by Gasteiger charge is -2.25. The largest absolute Gasteiger partial charge is 0.530 e. The quantitative estimate of drug-likeness (QED) is 0.0596. The number of amides is 1. The number of carbonyl (C=O) groups excluding carboxylic acids is 2. The van der Waals surface area contributed by atoms with Gasteiger partial charge in [0.1, 0.15) is 35.6 Å². The summed E-state index contributed by atoms with van der Waals surface area (Å²) in [5.74, 6) is 0.0871. The number of rotatable bonds is 17. The van der Waals surface area contributed by atoms with Crippen molar-refractivity contribution in [2.45, 2.75) is 6.61 Å². The molecule has 204 valence electrons. The maximum absolute atomic E-state index is 11.8. The topological polar surface area (TPSA) is 200 Å². The standard InChI is InChI=1S/C23H27N5O10/c24-26-25-9-11-34-13-15-36-16-14-35-12-10-27(22(29)30)19-3-1-18(2-4-19)17-37-23(31)38-21-7-5-20(6-8-21)28(32)33/h1-8,24H,9-17H2. The first kappa shape index (κ1) is 29.8. The Morgan fingerprint density at radius 1 is 0.921 bits per heavy atom. The highest BCUT2D eigenvalue weighted by Gasteiger charge is 2.11. The summed E-state index contributed by atoms with van der Waals surface area (Å²) >= 11 is 0. The first-order chi connectivity index (χ1) is 18.4. The van der Waals surface area contributed by atoms with Crippen molar-refractivity contribution in [1.82, 2.24) is 4.91 Å². The van der Waals surface area contributed by atoms with E-state index in [0.717, 1.165) is 4.90 Å². The molecule has 0 radical (unpaired) electrons. The fourth-order valence-electron chi connectivity index (χ4n) is 2.85. The third-order valence-corrected chi connectivity index (χ3v) is 4.68. The molecule has 2 aromatic carbocycles. The van der Waals surface area contributed by atoms with Crippen LogP contribution in [-0.4, -0.2) is 69.9 Å². The van der Waals surface area contributed by atoms with E-state index in [1.807, 2.05) is 0 Å². The molecule has 38 heavy (non-hydrogen) atoms. The molecule has 2 rings (SSSR count). The average Bonchev–Trinajstić information content (AvgIpc) is 2.91. The summed E-state index contributed by atoms with van der Waals surface area (Å²) in [6.45, 7) is 1.99. The SMILES string of the molecule is N=[N+]=NCCOCCOCCOCCN(C(=O)[O-])c1ccc(COC(=O)Oc2ccc([N+](=O)[O-])cc2)cc1. The van der Waals surface area contributed by atoms with Gasteiger partial charge < -0.3 is 38.5 Å². The molecular formula is C23H27N5O10. The van der Waals surface area contributed by atoms with Crippen LogP contribution in [0, 0.1) is 15.6 Å². The van der Waals surface area contributed by atoms with Crippen LogP contribution in [0.5, 0.6) is 5.75 Å². The number of carboxylic acid groups (broad SMARTS) is 1. The average molecular weight is 533 g/mol. The predicted octanol–water partition coefficient (Wildman–Crippen LogP) is 2.06. The molecule has 0 atom stereocenters. The normalized spacial score (nSPS) is 10.3. The minimum absolute atomic E-state index is 0.0351. The van der Waals surface area contributed by atoms with Crippen molar-refractivity contribution >= 4 is 23.6 Å². The molecule has 0 fully saturated rings. The first-order valence-electron chi connectivity index (χ1n) is 11.3. The van der Waals surface area contributed by atoms with Crippen LogP contribution in [0.3, 0.4) is 0 Å². The van der Waals surface area contributed by atoms with Crippen LogP contribution in [0.25, 0.3) is 0 Å². The van der Waals surface area contributed by atoms with E-state index in [0.29, 0.717) is 44.2 Å². The highest BCUT2D eigenvalue weighted by Crippen LogP contribution is 2.19. The number of hydrogen-bond donors (Lipinski definition) is 1. The number of nitrogens with one attached hydrogen (secondary N) is 1. The van der Waals surface area contributed by atoms with Crippen molar-refractivity contribution < 1.29 is 43.3 Å². The van der Waals surface area contributed by atoms with Crippen molar-refractivity contribution in [3.63, 3.8) is 0 Å². The van der Waals surface area contributed by atoms with Crippen molar-refractivity contribution in [1.29, 1.82) is 5.53 Å². The van der Waals surface area contributed by atoms with Crippen molar-refractivity contribution in [2.75, 3.05) is 57.6 Å². The Morgan fingerprint density at radius 2 is 1.53 bits per heavy atom. The predicted molar refractivity (Wildman–Crippen MR) is 128 cm³/mol. The molecule has 0 aliphatic heterocycles. The summed E-state index contributed by atoms with van der Waals surface area (Å²) in [5, 5.41) is 25.6. The highest BCUT2D eigenvalue weighted by molar-refractivity contribution is 5.84. The lowest BCUT2D eigenvalue weighted by Crippen LogP contribution is -2.43. The van der Waals surface area contributed by atoms with Crippen molar-refractivity contribution in [3.8, 4) is 5.75 Å². The lowest BCUT2D eigenvalue weighted by molar-refractivity contribution is -0.384. The molecule has 0 aliphatic rings. The Bertz CT molecular complexity index is 1080. The number of hydrogen-bond acceptors (Lipinski definition) is 12. The van der Waals surface area contributed by atoms with E-state index in [2.05, 4.69) is 10.0 Å². The highest BCUT2D eigenvalue weighted by atomic mass is 16.7. The number of benzene rings is 2. The zero-order valence-corrected chi connectivity index (χ0v) is 20.4. The van der Waals surface area contributed by atoms with Gasteiger partial charge in [0.15, 0.2) is 0 Å². The van der Waals surface area contributed by atoms with Crippen LogP contribution in [-0.2, 0) is 25.6 Å². The number of nitrogens with zero attached hydrogens (tertiary/aromatic N) is 4. The van der Waals surface area contributed by atoms with Gasteiger partial charge in [-0.05, 0) is 29.8 Å². The Kier molecular flexibility index (Phi) is 13.4. The number of carbonyl (C=O) groups is 2. The third-order valence-electron chi connectivity index (χ3n) is 4.68. The maximum atomic E-state index is 11.8. The van der Waals surface area contributed by atoms with Crippen LogP contribution in [0.4, 0.5) is 21.0 Å². The molecule has 1 N–H and O–H groups in total. The summed E-state index contributed by atoms with van der Waals surface area (Å²) in [6, 6.07) is 11.2. The van der Waals surface area contributed by atoms with Crippen molar-refractivity contribution in [2.24, 2.45) is 5.11 Å². The first-order valence-corrected chi connectivity index (χ1v) is 11.3. The third kappa shape index (κ3) is 11.5. The Balaban J connectivity index is 1.67. The lowest BCUT2D eigenvalue weighted by atomic mass is 10.2. The second-order valence-corrected chi connectivity index (χ2v) is 7.28. The monoisotopic (exact) mass is 533 g/mol. The number of anilines is 1. The molecule has 15 heteroatoms. The molecular weight excluding hydrogens is 506 g/mol. The Labute approximate surface area is 217 Å².